The van der Waals surface area contributed by atoms with Gasteiger partial charge in [0, 0.05) is 5.54 Å². The number of amides is 3. The molecule has 1 heterocycles. The number of nitrogens with zero attached hydrogens (tertiary/aromatic N) is 1. The van der Waals surface area contributed by atoms with Crippen molar-refractivity contribution in [3.63, 3.8) is 0 Å². The maximum absolute atomic E-state index is 13.9. The van der Waals surface area contributed by atoms with Crippen LogP contribution in [0.2, 0.25) is 0 Å². The molecule has 0 bridgehead atoms. The smallest absolute Gasteiger partial charge is 0.323 e. The number of nitrogens with one attached hydrogen (secondary N) is 1. The minimum atomic E-state index is -0.632. The van der Waals surface area contributed by atoms with E-state index in [1.54, 1.807) is 4.90 Å². The SMILES string of the molecule is CCCCCCCC(C)(CCCCCC)C1CC2(C1)NC(=O)N(C(C)(CCCC)CCCCC)C2=O. The summed E-state index contributed by atoms with van der Waals surface area (Å²) in [7, 11) is 0. The Morgan fingerprint density at radius 1 is 0.694 bits per heavy atom. The zero-order chi connectivity index (χ0) is 26.7. The van der Waals surface area contributed by atoms with Gasteiger partial charge in [-0.3, -0.25) is 9.69 Å². The maximum atomic E-state index is 13.9. The summed E-state index contributed by atoms with van der Waals surface area (Å²) in [5, 5.41) is 3.24. The van der Waals surface area contributed by atoms with Gasteiger partial charge in [0.05, 0.1) is 0 Å². The molecule has 1 N–H and O–H groups in total. The Morgan fingerprint density at radius 3 is 1.69 bits per heavy atom. The zero-order valence-corrected chi connectivity index (χ0v) is 25.0. The average molecular weight is 505 g/mol. The quantitative estimate of drug-likeness (QED) is 0.132. The first-order valence-electron chi connectivity index (χ1n) is 15.9. The molecule has 0 aromatic rings. The van der Waals surface area contributed by atoms with Crippen LogP contribution in [0.15, 0.2) is 0 Å². The molecule has 1 saturated heterocycles. The van der Waals surface area contributed by atoms with Crippen molar-refractivity contribution >= 4 is 11.9 Å². The molecule has 0 radical (unpaired) electrons. The number of imide groups is 1. The van der Waals surface area contributed by atoms with Crippen molar-refractivity contribution in [3.8, 4) is 0 Å². The Balaban J connectivity index is 2.09. The first-order chi connectivity index (χ1) is 17.2. The van der Waals surface area contributed by atoms with E-state index >= 15 is 0 Å². The number of carbonyl (C=O) groups is 2. The predicted octanol–water partition coefficient (Wildman–Crippen LogP) is 9.55. The third-order valence-corrected chi connectivity index (χ3v) is 9.72. The first kappa shape index (κ1) is 31.2. The number of urea groups is 1. The highest BCUT2D eigenvalue weighted by Gasteiger charge is 2.63. The Hall–Kier alpha value is -1.06. The van der Waals surface area contributed by atoms with Crippen molar-refractivity contribution in [1.29, 1.82) is 0 Å². The van der Waals surface area contributed by atoms with Crippen LogP contribution in [0, 0.1) is 11.3 Å². The van der Waals surface area contributed by atoms with Gasteiger partial charge >= 0.3 is 6.03 Å². The molecule has 0 aromatic carbocycles. The highest BCUT2D eigenvalue weighted by atomic mass is 16.2. The third-order valence-electron chi connectivity index (χ3n) is 9.72. The van der Waals surface area contributed by atoms with Crippen LogP contribution in [0.5, 0.6) is 0 Å². The Kier molecular flexibility index (Phi) is 12.8. The Morgan fingerprint density at radius 2 is 1.14 bits per heavy atom. The van der Waals surface area contributed by atoms with Crippen molar-refractivity contribution in [2.45, 2.75) is 181 Å². The van der Waals surface area contributed by atoms with Crippen molar-refractivity contribution < 1.29 is 9.59 Å². The van der Waals surface area contributed by atoms with E-state index in [2.05, 4.69) is 46.9 Å². The fourth-order valence-electron chi connectivity index (χ4n) is 6.94. The molecule has 2 fully saturated rings. The first-order valence-corrected chi connectivity index (χ1v) is 15.9. The second-order valence-corrected chi connectivity index (χ2v) is 12.9. The molecule has 3 amide bonds. The van der Waals surface area contributed by atoms with Gasteiger partial charge in [0.2, 0.25) is 0 Å². The molecule has 4 heteroatoms. The van der Waals surface area contributed by atoms with Crippen molar-refractivity contribution in [2.75, 3.05) is 0 Å². The van der Waals surface area contributed by atoms with E-state index in [0.717, 1.165) is 57.8 Å². The fourth-order valence-corrected chi connectivity index (χ4v) is 6.94. The molecule has 4 nitrogen and oxygen atoms in total. The monoisotopic (exact) mass is 504 g/mol. The largest absolute Gasteiger partial charge is 0.325 e. The lowest BCUT2D eigenvalue weighted by molar-refractivity contribution is -0.143. The van der Waals surface area contributed by atoms with Gasteiger partial charge in [-0.2, -0.15) is 0 Å². The lowest BCUT2D eigenvalue weighted by Gasteiger charge is -2.52. The zero-order valence-electron chi connectivity index (χ0n) is 25.0. The summed E-state index contributed by atoms with van der Waals surface area (Å²) in [5.74, 6) is 0.617. The van der Waals surface area contributed by atoms with Crippen LogP contribution in [0.4, 0.5) is 4.79 Å². The van der Waals surface area contributed by atoms with Crippen LogP contribution >= 0.6 is 0 Å². The summed E-state index contributed by atoms with van der Waals surface area (Å²) >= 11 is 0. The summed E-state index contributed by atoms with van der Waals surface area (Å²) in [4.78, 5) is 28.9. The summed E-state index contributed by atoms with van der Waals surface area (Å²) in [5.41, 5.74) is -0.702. The normalized spacial score (nSPS) is 25.1. The van der Waals surface area contributed by atoms with Gasteiger partial charge in [-0.05, 0) is 56.8 Å². The topological polar surface area (TPSA) is 49.4 Å². The lowest BCUT2D eigenvalue weighted by Crippen LogP contribution is -2.61. The lowest BCUT2D eigenvalue weighted by atomic mass is 9.55. The minimum absolute atomic E-state index is 0.0788. The summed E-state index contributed by atoms with van der Waals surface area (Å²) in [6.07, 6.45) is 23.4. The van der Waals surface area contributed by atoms with Crippen LogP contribution in [-0.4, -0.2) is 27.9 Å². The minimum Gasteiger partial charge on any atom is -0.323 e. The number of hydrogen-bond acceptors (Lipinski definition) is 2. The Bertz CT molecular complexity index is 671. The predicted molar refractivity (Wildman–Crippen MR) is 153 cm³/mol. The van der Waals surface area contributed by atoms with E-state index in [0.29, 0.717) is 5.92 Å². The van der Waals surface area contributed by atoms with E-state index in [4.69, 9.17) is 0 Å². The number of hydrogen-bond donors (Lipinski definition) is 1. The second-order valence-electron chi connectivity index (χ2n) is 12.9. The van der Waals surface area contributed by atoms with Crippen molar-refractivity contribution in [1.82, 2.24) is 10.2 Å². The average Bonchev–Trinajstić information content (AvgIpc) is 3.10. The van der Waals surface area contributed by atoms with Crippen LogP contribution in [0.3, 0.4) is 0 Å². The summed E-state index contributed by atoms with van der Waals surface area (Å²) < 4.78 is 0. The van der Waals surface area contributed by atoms with Crippen molar-refractivity contribution in [2.24, 2.45) is 11.3 Å². The van der Waals surface area contributed by atoms with E-state index in [1.807, 2.05) is 0 Å². The molecule has 1 aliphatic heterocycles. The van der Waals surface area contributed by atoms with Crippen LogP contribution in [0.1, 0.15) is 170 Å². The summed E-state index contributed by atoms with van der Waals surface area (Å²) in [6.45, 7) is 13.6. The number of unbranched alkanes of at least 4 members (excludes halogenated alkanes) is 10. The molecule has 1 spiro atoms. The molecule has 210 valence electrons. The Labute approximate surface area is 224 Å². The van der Waals surface area contributed by atoms with Crippen molar-refractivity contribution in [3.05, 3.63) is 0 Å². The van der Waals surface area contributed by atoms with Gasteiger partial charge in [-0.25, -0.2) is 4.79 Å². The fraction of sp³-hybridized carbons (Fsp3) is 0.938. The van der Waals surface area contributed by atoms with Gasteiger partial charge in [-0.15, -0.1) is 0 Å². The summed E-state index contributed by atoms with van der Waals surface area (Å²) in [6, 6.07) is -0.127. The number of carbonyl (C=O) groups excluding carboxylic acids is 2. The van der Waals surface area contributed by atoms with Gasteiger partial charge in [-0.1, -0.05) is 125 Å². The van der Waals surface area contributed by atoms with Crippen LogP contribution in [-0.2, 0) is 4.79 Å². The molecule has 36 heavy (non-hydrogen) atoms. The van der Waals surface area contributed by atoms with Gasteiger partial charge < -0.3 is 5.32 Å². The molecule has 1 aliphatic carbocycles. The molecule has 0 aromatic heterocycles. The van der Waals surface area contributed by atoms with E-state index in [9.17, 15) is 9.59 Å². The standard InChI is InChI=1S/C32H60N2O2/c1-7-11-15-17-20-22-30(5,21-19-16-12-8-2)27-25-32(26-27)28(35)34(29(36)33-32)31(6,23-14-10-4)24-18-13-9-3/h27H,7-26H2,1-6H3,(H,33,36). The van der Waals surface area contributed by atoms with Gasteiger partial charge in [0.1, 0.15) is 5.54 Å². The van der Waals surface area contributed by atoms with Gasteiger partial charge in [0.15, 0.2) is 0 Å². The molecule has 1 saturated carbocycles. The molecule has 2 unspecified atom stereocenters. The molecule has 2 rings (SSSR count). The third kappa shape index (κ3) is 7.73. The molecule has 2 atom stereocenters. The van der Waals surface area contributed by atoms with E-state index in [1.165, 1.54) is 70.6 Å². The highest BCUT2D eigenvalue weighted by molar-refractivity contribution is 6.08. The molecular formula is C32H60N2O2. The van der Waals surface area contributed by atoms with Crippen LogP contribution < -0.4 is 5.32 Å². The second kappa shape index (κ2) is 14.8. The molecular weight excluding hydrogens is 444 g/mol. The van der Waals surface area contributed by atoms with E-state index < -0.39 is 5.54 Å². The van der Waals surface area contributed by atoms with Gasteiger partial charge in [0.25, 0.3) is 5.91 Å². The van der Waals surface area contributed by atoms with E-state index in [-0.39, 0.29) is 22.9 Å². The molecule has 2 aliphatic rings. The highest BCUT2D eigenvalue weighted by Crippen LogP contribution is 2.55. The number of rotatable bonds is 20. The maximum Gasteiger partial charge on any atom is 0.325 e. The van der Waals surface area contributed by atoms with Crippen LogP contribution in [0.25, 0.3) is 0 Å².